The summed E-state index contributed by atoms with van der Waals surface area (Å²) in [6, 6.07) is 5.37. The average Bonchev–Trinajstić information content (AvgIpc) is 3.01. The SMILES string of the molecule is CCCNc1nnc(SCC(=O)NCCc2ccc(Cl)cc2Cl)s1. The number of hydrogen-bond donors (Lipinski definition) is 2. The molecular formula is C15H18Cl2N4OS2. The lowest BCUT2D eigenvalue weighted by molar-refractivity contribution is -0.118. The van der Waals surface area contributed by atoms with Gasteiger partial charge in [-0.15, -0.1) is 10.2 Å². The van der Waals surface area contributed by atoms with Crippen molar-refractivity contribution >= 4 is 57.3 Å². The number of halogens is 2. The highest BCUT2D eigenvalue weighted by Gasteiger charge is 2.08. The van der Waals surface area contributed by atoms with Crippen molar-refractivity contribution in [2.75, 3.05) is 24.2 Å². The molecule has 1 aromatic carbocycles. The maximum atomic E-state index is 11.9. The number of carbonyl (C=O) groups is 1. The van der Waals surface area contributed by atoms with Crippen LogP contribution in [0.1, 0.15) is 18.9 Å². The lowest BCUT2D eigenvalue weighted by atomic mass is 10.1. The third kappa shape index (κ3) is 6.47. The summed E-state index contributed by atoms with van der Waals surface area (Å²) in [6.45, 7) is 3.48. The van der Waals surface area contributed by atoms with E-state index >= 15 is 0 Å². The van der Waals surface area contributed by atoms with Gasteiger partial charge < -0.3 is 10.6 Å². The van der Waals surface area contributed by atoms with Gasteiger partial charge in [0.1, 0.15) is 0 Å². The van der Waals surface area contributed by atoms with Crippen molar-refractivity contribution in [1.82, 2.24) is 15.5 Å². The van der Waals surface area contributed by atoms with Crippen molar-refractivity contribution in [3.05, 3.63) is 33.8 Å². The van der Waals surface area contributed by atoms with Crippen molar-refractivity contribution in [2.24, 2.45) is 0 Å². The summed E-state index contributed by atoms with van der Waals surface area (Å²) in [5.74, 6) is 0.278. The maximum Gasteiger partial charge on any atom is 0.230 e. The van der Waals surface area contributed by atoms with Gasteiger partial charge in [0, 0.05) is 23.1 Å². The van der Waals surface area contributed by atoms with Crippen LogP contribution in [0.25, 0.3) is 0 Å². The fraction of sp³-hybridized carbons (Fsp3) is 0.400. The quantitative estimate of drug-likeness (QED) is 0.615. The van der Waals surface area contributed by atoms with E-state index in [1.54, 1.807) is 12.1 Å². The molecule has 24 heavy (non-hydrogen) atoms. The van der Waals surface area contributed by atoms with Crippen molar-refractivity contribution in [2.45, 2.75) is 24.1 Å². The number of benzene rings is 1. The Kier molecular flexibility index (Phi) is 8.11. The van der Waals surface area contributed by atoms with E-state index in [0.717, 1.165) is 28.0 Å². The van der Waals surface area contributed by atoms with Gasteiger partial charge in [0.15, 0.2) is 4.34 Å². The summed E-state index contributed by atoms with van der Waals surface area (Å²) in [4.78, 5) is 11.9. The fourth-order valence-corrected chi connectivity index (χ4v) is 3.92. The molecule has 0 radical (unpaired) electrons. The Bertz CT molecular complexity index is 681. The second-order valence-corrected chi connectivity index (χ2v) is 7.97. The lowest BCUT2D eigenvalue weighted by Gasteiger charge is -2.06. The van der Waals surface area contributed by atoms with Gasteiger partial charge in [-0.25, -0.2) is 0 Å². The second-order valence-electron chi connectivity index (χ2n) is 4.92. The number of nitrogens with zero attached hydrogens (tertiary/aromatic N) is 2. The van der Waals surface area contributed by atoms with Crippen molar-refractivity contribution < 1.29 is 4.79 Å². The molecule has 9 heteroatoms. The van der Waals surface area contributed by atoms with Crippen LogP contribution in [0.2, 0.25) is 10.0 Å². The van der Waals surface area contributed by atoms with E-state index in [1.165, 1.54) is 23.1 Å². The Hall–Kier alpha value is -1.02. The Morgan fingerprint density at radius 3 is 2.88 bits per heavy atom. The molecule has 0 fully saturated rings. The molecule has 0 aliphatic rings. The number of thioether (sulfide) groups is 1. The molecule has 0 bridgehead atoms. The summed E-state index contributed by atoms with van der Waals surface area (Å²) in [7, 11) is 0. The molecule has 0 unspecified atom stereocenters. The van der Waals surface area contributed by atoms with E-state index in [2.05, 4.69) is 27.8 Å². The highest BCUT2D eigenvalue weighted by Crippen LogP contribution is 2.25. The van der Waals surface area contributed by atoms with Crippen molar-refractivity contribution in [1.29, 1.82) is 0 Å². The van der Waals surface area contributed by atoms with Crippen LogP contribution in [0, 0.1) is 0 Å². The van der Waals surface area contributed by atoms with E-state index in [1.807, 2.05) is 6.07 Å². The molecule has 0 spiro atoms. The van der Waals surface area contributed by atoms with Gasteiger partial charge in [0.25, 0.3) is 0 Å². The molecule has 0 saturated heterocycles. The zero-order valence-electron chi connectivity index (χ0n) is 13.1. The Labute approximate surface area is 159 Å². The summed E-state index contributed by atoms with van der Waals surface area (Å²) < 4.78 is 0.782. The first-order valence-corrected chi connectivity index (χ1v) is 10.0. The molecule has 2 rings (SSSR count). The number of hydrogen-bond acceptors (Lipinski definition) is 6. The number of nitrogens with one attached hydrogen (secondary N) is 2. The normalized spacial score (nSPS) is 10.6. The van der Waals surface area contributed by atoms with Gasteiger partial charge in [0.2, 0.25) is 11.0 Å². The molecule has 2 aromatic rings. The van der Waals surface area contributed by atoms with Gasteiger partial charge in [-0.05, 0) is 30.5 Å². The van der Waals surface area contributed by atoms with E-state index in [0.29, 0.717) is 28.8 Å². The summed E-state index contributed by atoms with van der Waals surface area (Å²) in [6.07, 6.45) is 1.69. The molecule has 0 aliphatic carbocycles. The smallest absolute Gasteiger partial charge is 0.230 e. The van der Waals surface area contributed by atoms with Crippen LogP contribution in [0.15, 0.2) is 22.5 Å². The lowest BCUT2D eigenvalue weighted by Crippen LogP contribution is -2.27. The van der Waals surface area contributed by atoms with E-state index in [-0.39, 0.29) is 5.91 Å². The molecule has 5 nitrogen and oxygen atoms in total. The molecule has 2 N–H and O–H groups in total. The summed E-state index contributed by atoms with van der Waals surface area (Å²) in [5.41, 5.74) is 0.963. The first-order valence-electron chi connectivity index (χ1n) is 7.49. The number of anilines is 1. The van der Waals surface area contributed by atoms with Crippen LogP contribution in [-0.2, 0) is 11.2 Å². The first-order chi connectivity index (χ1) is 11.6. The fourth-order valence-electron chi connectivity index (χ4n) is 1.81. The maximum absolute atomic E-state index is 11.9. The minimum absolute atomic E-state index is 0.0386. The predicted molar refractivity (Wildman–Crippen MR) is 103 cm³/mol. The molecule has 130 valence electrons. The molecule has 1 heterocycles. The minimum atomic E-state index is -0.0386. The highest BCUT2D eigenvalue weighted by molar-refractivity contribution is 8.01. The molecular weight excluding hydrogens is 387 g/mol. The molecule has 0 saturated carbocycles. The second kappa shape index (κ2) is 10.1. The summed E-state index contributed by atoms with van der Waals surface area (Å²) >= 11 is 14.8. The van der Waals surface area contributed by atoms with Gasteiger partial charge in [-0.1, -0.05) is 59.3 Å². The van der Waals surface area contributed by atoms with Gasteiger partial charge >= 0.3 is 0 Å². The first kappa shape index (κ1) is 19.3. The van der Waals surface area contributed by atoms with E-state index in [9.17, 15) is 4.79 Å². The van der Waals surface area contributed by atoms with Crippen molar-refractivity contribution in [3.8, 4) is 0 Å². The minimum Gasteiger partial charge on any atom is -0.360 e. The molecule has 0 aliphatic heterocycles. The van der Waals surface area contributed by atoms with Crippen LogP contribution in [-0.4, -0.2) is 34.9 Å². The third-order valence-corrected chi connectivity index (χ3v) is 5.59. The number of aromatic nitrogens is 2. The third-order valence-electron chi connectivity index (χ3n) is 2.99. The van der Waals surface area contributed by atoms with Crippen LogP contribution >= 0.6 is 46.3 Å². The summed E-state index contributed by atoms with van der Waals surface area (Å²) in [5, 5.41) is 16.1. The van der Waals surface area contributed by atoms with Crippen LogP contribution in [0.5, 0.6) is 0 Å². The van der Waals surface area contributed by atoms with E-state index in [4.69, 9.17) is 23.2 Å². The highest BCUT2D eigenvalue weighted by atomic mass is 35.5. The monoisotopic (exact) mass is 404 g/mol. The van der Waals surface area contributed by atoms with Gasteiger partial charge in [-0.3, -0.25) is 4.79 Å². The van der Waals surface area contributed by atoms with Gasteiger partial charge in [-0.2, -0.15) is 0 Å². The zero-order valence-corrected chi connectivity index (χ0v) is 16.3. The predicted octanol–water partition coefficient (Wildman–Crippen LogP) is 4.12. The Morgan fingerprint density at radius 2 is 2.12 bits per heavy atom. The van der Waals surface area contributed by atoms with Crippen molar-refractivity contribution in [3.63, 3.8) is 0 Å². The number of amides is 1. The van der Waals surface area contributed by atoms with Gasteiger partial charge in [0.05, 0.1) is 5.75 Å². The van der Waals surface area contributed by atoms with E-state index < -0.39 is 0 Å². The Balaban J connectivity index is 1.68. The Morgan fingerprint density at radius 1 is 1.29 bits per heavy atom. The zero-order chi connectivity index (χ0) is 17.4. The van der Waals surface area contributed by atoms with Crippen LogP contribution < -0.4 is 10.6 Å². The molecule has 0 atom stereocenters. The molecule has 1 amide bonds. The van der Waals surface area contributed by atoms with Crippen LogP contribution in [0.4, 0.5) is 5.13 Å². The number of rotatable bonds is 9. The standard InChI is InChI=1S/C15H18Cl2N4OS2/c1-2-6-19-14-20-21-15(24-14)23-9-13(22)18-7-5-10-3-4-11(16)8-12(10)17/h3-4,8H,2,5-7,9H2,1H3,(H,18,22)(H,19,20). The number of carbonyl (C=O) groups excluding carboxylic acids is 1. The average molecular weight is 405 g/mol. The largest absolute Gasteiger partial charge is 0.360 e. The topological polar surface area (TPSA) is 66.9 Å². The molecule has 1 aromatic heterocycles. The van der Waals surface area contributed by atoms with Crippen LogP contribution in [0.3, 0.4) is 0 Å².